The Labute approximate surface area is 126 Å². The molecule has 5 nitrogen and oxygen atoms in total. The summed E-state index contributed by atoms with van der Waals surface area (Å²) in [6.45, 7) is 1.48. The van der Waals surface area contributed by atoms with Gasteiger partial charge in [-0.3, -0.25) is 0 Å². The third-order valence-electron chi connectivity index (χ3n) is 3.51. The van der Waals surface area contributed by atoms with Crippen molar-refractivity contribution in [1.29, 1.82) is 0 Å². The molecule has 5 heteroatoms. The van der Waals surface area contributed by atoms with Crippen LogP contribution in [0.1, 0.15) is 11.3 Å². The summed E-state index contributed by atoms with van der Waals surface area (Å²) in [5.74, 6) is 0.958. The lowest BCUT2D eigenvalue weighted by atomic mass is 10.1. The van der Waals surface area contributed by atoms with Crippen molar-refractivity contribution in [2.45, 2.75) is 13.0 Å². The molecule has 1 heterocycles. The molecule has 0 aliphatic heterocycles. The van der Waals surface area contributed by atoms with Gasteiger partial charge in [-0.1, -0.05) is 18.2 Å². The van der Waals surface area contributed by atoms with E-state index in [1.165, 1.54) is 5.56 Å². The van der Waals surface area contributed by atoms with Crippen molar-refractivity contribution in [3.05, 3.63) is 41.7 Å². The van der Waals surface area contributed by atoms with Crippen molar-refractivity contribution >= 4 is 11.6 Å². The molecule has 0 bridgehead atoms. The first-order chi connectivity index (χ1) is 10.1. The van der Waals surface area contributed by atoms with E-state index in [0.717, 1.165) is 36.9 Å². The van der Waals surface area contributed by atoms with Gasteiger partial charge in [0.05, 0.1) is 25.0 Å². The summed E-state index contributed by atoms with van der Waals surface area (Å²) < 4.78 is 7.27. The van der Waals surface area contributed by atoms with E-state index in [0.29, 0.717) is 0 Å². The lowest BCUT2D eigenvalue weighted by Crippen LogP contribution is -2.15. The van der Waals surface area contributed by atoms with Gasteiger partial charge >= 0.3 is 0 Å². The van der Waals surface area contributed by atoms with Crippen molar-refractivity contribution in [2.75, 3.05) is 38.0 Å². The first kappa shape index (κ1) is 15.4. The average molecular weight is 288 g/mol. The Hall–Kier alpha value is -2.01. The first-order valence-corrected chi connectivity index (χ1v) is 7.12. The third kappa shape index (κ3) is 3.76. The molecular weight excluding hydrogens is 264 g/mol. The van der Waals surface area contributed by atoms with Gasteiger partial charge in [0.25, 0.3) is 0 Å². The topological polar surface area (TPSA) is 42.3 Å². The fourth-order valence-corrected chi connectivity index (χ4v) is 2.32. The SMILES string of the molecule is COCCc1ccccc1NCc1cnc(N(C)C)n1C. The summed E-state index contributed by atoms with van der Waals surface area (Å²) in [4.78, 5) is 6.44. The molecule has 0 saturated carbocycles. The first-order valence-electron chi connectivity index (χ1n) is 7.12. The van der Waals surface area contributed by atoms with Gasteiger partial charge in [-0.05, 0) is 18.1 Å². The minimum atomic E-state index is 0.731. The number of nitrogens with one attached hydrogen (secondary N) is 1. The van der Waals surface area contributed by atoms with Crippen molar-refractivity contribution in [3.8, 4) is 0 Å². The molecule has 0 aliphatic carbocycles. The summed E-state index contributed by atoms with van der Waals surface area (Å²) in [5, 5.41) is 3.50. The van der Waals surface area contributed by atoms with Crippen LogP contribution >= 0.6 is 0 Å². The number of hydrogen-bond acceptors (Lipinski definition) is 4. The molecule has 0 radical (unpaired) electrons. The van der Waals surface area contributed by atoms with Crippen LogP contribution in [0.5, 0.6) is 0 Å². The number of methoxy groups -OCH3 is 1. The van der Waals surface area contributed by atoms with Gasteiger partial charge in [0.1, 0.15) is 0 Å². The molecule has 0 atom stereocenters. The molecule has 1 aromatic heterocycles. The van der Waals surface area contributed by atoms with Crippen LogP contribution < -0.4 is 10.2 Å². The molecular formula is C16H24N4O. The molecule has 0 fully saturated rings. The van der Waals surface area contributed by atoms with Crippen molar-refractivity contribution in [2.24, 2.45) is 7.05 Å². The van der Waals surface area contributed by atoms with Crippen molar-refractivity contribution in [1.82, 2.24) is 9.55 Å². The zero-order chi connectivity index (χ0) is 15.2. The Morgan fingerprint density at radius 3 is 2.71 bits per heavy atom. The number of rotatable bonds is 7. The molecule has 2 rings (SSSR count). The van der Waals surface area contributed by atoms with Crippen molar-refractivity contribution < 1.29 is 4.74 Å². The molecule has 0 spiro atoms. The minimum absolute atomic E-state index is 0.731. The molecule has 21 heavy (non-hydrogen) atoms. The number of nitrogens with zero attached hydrogens (tertiary/aromatic N) is 3. The zero-order valence-electron chi connectivity index (χ0n) is 13.3. The number of hydrogen-bond donors (Lipinski definition) is 1. The second-order valence-corrected chi connectivity index (χ2v) is 5.26. The summed E-state index contributed by atoms with van der Waals surface area (Å²) in [6.07, 6.45) is 2.83. The van der Waals surface area contributed by atoms with E-state index in [1.54, 1.807) is 7.11 Å². The normalized spacial score (nSPS) is 10.7. The fourth-order valence-electron chi connectivity index (χ4n) is 2.32. The number of benzene rings is 1. The third-order valence-corrected chi connectivity index (χ3v) is 3.51. The van der Waals surface area contributed by atoms with Crippen LogP contribution in [0, 0.1) is 0 Å². The molecule has 1 aromatic carbocycles. The van der Waals surface area contributed by atoms with Crippen molar-refractivity contribution in [3.63, 3.8) is 0 Å². The van der Waals surface area contributed by atoms with Gasteiger partial charge in [-0.15, -0.1) is 0 Å². The highest BCUT2D eigenvalue weighted by Crippen LogP contribution is 2.18. The van der Waals surface area contributed by atoms with Gasteiger partial charge in [0, 0.05) is 33.9 Å². The highest BCUT2D eigenvalue weighted by Gasteiger charge is 2.08. The Morgan fingerprint density at radius 1 is 1.29 bits per heavy atom. The van der Waals surface area contributed by atoms with Gasteiger partial charge in [0.15, 0.2) is 0 Å². The summed E-state index contributed by atoms with van der Waals surface area (Å²) >= 11 is 0. The number of ether oxygens (including phenoxy) is 1. The highest BCUT2D eigenvalue weighted by atomic mass is 16.5. The Balaban J connectivity index is 2.06. The van der Waals surface area contributed by atoms with Crippen LogP contribution in [0.3, 0.4) is 0 Å². The van der Waals surface area contributed by atoms with Crippen LogP contribution in [0.25, 0.3) is 0 Å². The smallest absolute Gasteiger partial charge is 0.204 e. The predicted molar refractivity (Wildman–Crippen MR) is 86.9 cm³/mol. The Bertz CT molecular complexity index is 577. The number of imidazole rings is 1. The molecule has 0 aliphatic rings. The Morgan fingerprint density at radius 2 is 2.05 bits per heavy atom. The summed E-state index contributed by atoms with van der Waals surface area (Å²) in [5.41, 5.74) is 3.58. The van der Waals surface area contributed by atoms with Gasteiger partial charge in [-0.25, -0.2) is 4.98 Å². The van der Waals surface area contributed by atoms with Crippen LogP contribution in [0.15, 0.2) is 30.5 Å². The number of anilines is 2. The minimum Gasteiger partial charge on any atom is -0.384 e. The van der Waals surface area contributed by atoms with Gasteiger partial charge < -0.3 is 19.5 Å². The fraction of sp³-hybridized carbons (Fsp3) is 0.438. The van der Waals surface area contributed by atoms with Crippen LogP contribution in [0.4, 0.5) is 11.6 Å². The van der Waals surface area contributed by atoms with E-state index in [-0.39, 0.29) is 0 Å². The quantitative estimate of drug-likeness (QED) is 0.849. The van der Waals surface area contributed by atoms with E-state index in [1.807, 2.05) is 38.3 Å². The second kappa shape index (κ2) is 7.13. The zero-order valence-corrected chi connectivity index (χ0v) is 13.3. The molecule has 0 unspecified atom stereocenters. The van der Waals surface area contributed by atoms with E-state index in [9.17, 15) is 0 Å². The van der Waals surface area contributed by atoms with Crippen LogP contribution in [-0.2, 0) is 24.8 Å². The molecule has 0 saturated heterocycles. The standard InChI is InChI=1S/C16H24N4O/c1-19(2)16-18-12-14(20(16)3)11-17-15-8-6-5-7-13(15)9-10-21-4/h5-8,12,17H,9-11H2,1-4H3. The monoisotopic (exact) mass is 288 g/mol. The van der Waals surface area contributed by atoms with Crippen LogP contribution in [-0.4, -0.2) is 37.4 Å². The maximum Gasteiger partial charge on any atom is 0.204 e. The number of aromatic nitrogens is 2. The second-order valence-electron chi connectivity index (χ2n) is 5.26. The maximum atomic E-state index is 5.16. The molecule has 114 valence electrons. The van der Waals surface area contributed by atoms with Gasteiger partial charge in [-0.2, -0.15) is 0 Å². The van der Waals surface area contributed by atoms with Gasteiger partial charge in [0.2, 0.25) is 5.95 Å². The van der Waals surface area contributed by atoms with Crippen LogP contribution in [0.2, 0.25) is 0 Å². The molecule has 0 amide bonds. The maximum absolute atomic E-state index is 5.16. The lowest BCUT2D eigenvalue weighted by Gasteiger charge is -2.14. The average Bonchev–Trinajstić information content (AvgIpc) is 2.85. The summed E-state index contributed by atoms with van der Waals surface area (Å²) in [6, 6.07) is 8.35. The Kier molecular flexibility index (Phi) is 5.22. The van der Waals surface area contributed by atoms with E-state index >= 15 is 0 Å². The summed E-state index contributed by atoms with van der Waals surface area (Å²) in [7, 11) is 7.77. The predicted octanol–water partition coefficient (Wildman–Crippen LogP) is 2.29. The number of para-hydroxylation sites is 1. The molecule has 2 aromatic rings. The van der Waals surface area contributed by atoms with E-state index in [4.69, 9.17) is 4.74 Å². The highest BCUT2D eigenvalue weighted by molar-refractivity contribution is 5.51. The van der Waals surface area contributed by atoms with E-state index < -0.39 is 0 Å². The lowest BCUT2D eigenvalue weighted by molar-refractivity contribution is 0.202. The molecule has 1 N–H and O–H groups in total. The largest absolute Gasteiger partial charge is 0.384 e. The van der Waals surface area contributed by atoms with E-state index in [2.05, 4.69) is 33.1 Å².